The Balaban J connectivity index is 1.39. The zero-order valence-corrected chi connectivity index (χ0v) is 16.1. The first-order valence-electron chi connectivity index (χ1n) is 9.73. The molecule has 27 heavy (non-hydrogen) atoms. The lowest BCUT2D eigenvalue weighted by atomic mass is 10.1. The second kappa shape index (κ2) is 7.92. The molecule has 1 saturated heterocycles. The third kappa shape index (κ3) is 4.03. The van der Waals surface area contributed by atoms with Crippen LogP contribution in [-0.4, -0.2) is 27.9 Å². The maximum Gasteiger partial charge on any atom is 0.128 e. The summed E-state index contributed by atoms with van der Waals surface area (Å²) >= 11 is 0. The van der Waals surface area contributed by atoms with Crippen molar-refractivity contribution in [1.82, 2.24) is 20.1 Å². The first-order chi connectivity index (χ1) is 13.2. The Hall–Kier alpha value is -2.66. The number of anilines is 1. The first-order valence-corrected chi connectivity index (χ1v) is 9.73. The molecule has 0 amide bonds. The number of benzene rings is 1. The summed E-state index contributed by atoms with van der Waals surface area (Å²) in [6, 6.07) is 17.0. The van der Waals surface area contributed by atoms with Gasteiger partial charge >= 0.3 is 0 Å². The highest BCUT2D eigenvalue weighted by molar-refractivity contribution is 5.59. The number of hydrogen-bond acceptors (Lipinski definition) is 4. The summed E-state index contributed by atoms with van der Waals surface area (Å²) in [4.78, 5) is 7.00. The number of pyridine rings is 1. The Morgan fingerprint density at radius 2 is 1.85 bits per heavy atom. The first kappa shape index (κ1) is 17.7. The van der Waals surface area contributed by atoms with Gasteiger partial charge in [0.25, 0.3) is 0 Å². The number of aromatic nitrogens is 3. The van der Waals surface area contributed by atoms with E-state index in [0.29, 0.717) is 0 Å². The predicted octanol–water partition coefficient (Wildman–Crippen LogP) is 3.93. The van der Waals surface area contributed by atoms with Gasteiger partial charge in [-0.25, -0.2) is 4.98 Å². The summed E-state index contributed by atoms with van der Waals surface area (Å²) in [5.74, 6) is 1.10. The quantitative estimate of drug-likeness (QED) is 0.722. The number of hydrogen-bond donors (Lipinski definition) is 1. The zero-order chi connectivity index (χ0) is 18.6. The van der Waals surface area contributed by atoms with E-state index in [1.54, 1.807) is 0 Å². The van der Waals surface area contributed by atoms with Crippen LogP contribution in [0, 0.1) is 0 Å². The van der Waals surface area contributed by atoms with Crippen LogP contribution >= 0.6 is 0 Å². The average molecular weight is 361 g/mol. The van der Waals surface area contributed by atoms with Gasteiger partial charge in [0.05, 0.1) is 11.4 Å². The minimum atomic E-state index is 0.207. The standard InChI is InChI=1S/C22H27N5/c1-17(21-14-20(25-26(21)2)19-8-4-3-5-9-19)23-15-18-10-11-22(24-16-18)27-12-6-7-13-27/h3-5,8-11,14,16-17,23H,6-7,12-13,15H2,1-2H3. The molecule has 0 spiro atoms. The van der Waals surface area contributed by atoms with Crippen LogP contribution in [0.3, 0.4) is 0 Å². The second-order valence-corrected chi connectivity index (χ2v) is 7.27. The lowest BCUT2D eigenvalue weighted by Gasteiger charge is -2.17. The van der Waals surface area contributed by atoms with Crippen molar-refractivity contribution in [2.75, 3.05) is 18.0 Å². The molecule has 1 aromatic carbocycles. The molecule has 4 rings (SSSR count). The fourth-order valence-corrected chi connectivity index (χ4v) is 3.67. The number of rotatable bonds is 6. The molecule has 0 bridgehead atoms. The van der Waals surface area contributed by atoms with Gasteiger partial charge in [0.1, 0.15) is 5.82 Å². The number of nitrogens with one attached hydrogen (secondary N) is 1. The van der Waals surface area contributed by atoms with Crippen molar-refractivity contribution in [3.63, 3.8) is 0 Å². The van der Waals surface area contributed by atoms with E-state index >= 15 is 0 Å². The Bertz CT molecular complexity index is 863. The van der Waals surface area contributed by atoms with Crippen molar-refractivity contribution in [1.29, 1.82) is 0 Å². The van der Waals surface area contributed by atoms with Gasteiger partial charge in [-0.3, -0.25) is 4.68 Å². The van der Waals surface area contributed by atoms with Crippen LogP contribution in [0.1, 0.15) is 37.1 Å². The molecular weight excluding hydrogens is 334 g/mol. The molecule has 3 heterocycles. The zero-order valence-electron chi connectivity index (χ0n) is 16.1. The van der Waals surface area contributed by atoms with E-state index in [1.807, 2.05) is 36.1 Å². The van der Waals surface area contributed by atoms with Crippen molar-refractivity contribution in [2.45, 2.75) is 32.4 Å². The lowest BCUT2D eigenvalue weighted by molar-refractivity contribution is 0.529. The van der Waals surface area contributed by atoms with Crippen molar-refractivity contribution in [3.05, 3.63) is 66.0 Å². The number of aryl methyl sites for hydroxylation is 1. The molecule has 3 aromatic rings. The monoisotopic (exact) mass is 361 g/mol. The van der Waals surface area contributed by atoms with Crippen LogP contribution in [-0.2, 0) is 13.6 Å². The molecule has 5 nitrogen and oxygen atoms in total. The van der Waals surface area contributed by atoms with E-state index in [1.165, 1.54) is 24.1 Å². The molecule has 1 unspecified atom stereocenters. The summed E-state index contributed by atoms with van der Waals surface area (Å²) < 4.78 is 1.97. The molecule has 1 aliphatic rings. The number of nitrogens with zero attached hydrogens (tertiary/aromatic N) is 4. The van der Waals surface area contributed by atoms with Gasteiger partial charge in [0, 0.05) is 44.5 Å². The third-order valence-corrected chi connectivity index (χ3v) is 5.28. The van der Waals surface area contributed by atoms with E-state index in [2.05, 4.69) is 57.6 Å². The van der Waals surface area contributed by atoms with Crippen LogP contribution in [0.15, 0.2) is 54.7 Å². The highest BCUT2D eigenvalue weighted by Crippen LogP contribution is 2.22. The molecule has 0 saturated carbocycles. The summed E-state index contributed by atoms with van der Waals surface area (Å²) in [6.45, 7) is 5.23. The van der Waals surface area contributed by atoms with Gasteiger partial charge in [0.15, 0.2) is 0 Å². The Morgan fingerprint density at radius 1 is 1.07 bits per heavy atom. The third-order valence-electron chi connectivity index (χ3n) is 5.28. The topological polar surface area (TPSA) is 46.0 Å². The highest BCUT2D eigenvalue weighted by Gasteiger charge is 2.15. The minimum Gasteiger partial charge on any atom is -0.357 e. The SMILES string of the molecule is CC(NCc1ccc(N2CCCC2)nc1)c1cc(-c2ccccc2)nn1C. The van der Waals surface area contributed by atoms with Crippen molar-refractivity contribution < 1.29 is 0 Å². The fourth-order valence-electron chi connectivity index (χ4n) is 3.67. The van der Waals surface area contributed by atoms with E-state index in [4.69, 9.17) is 0 Å². The van der Waals surface area contributed by atoms with E-state index in [-0.39, 0.29) is 6.04 Å². The molecule has 0 radical (unpaired) electrons. The van der Waals surface area contributed by atoms with Gasteiger partial charge < -0.3 is 10.2 Å². The van der Waals surface area contributed by atoms with Crippen LogP contribution in [0.5, 0.6) is 0 Å². The average Bonchev–Trinajstić information content (AvgIpc) is 3.37. The van der Waals surface area contributed by atoms with Crippen molar-refractivity contribution >= 4 is 5.82 Å². The van der Waals surface area contributed by atoms with Gasteiger partial charge in [0.2, 0.25) is 0 Å². The summed E-state index contributed by atoms with van der Waals surface area (Å²) in [6.07, 6.45) is 4.54. The van der Waals surface area contributed by atoms with E-state index in [9.17, 15) is 0 Å². The molecule has 1 atom stereocenters. The second-order valence-electron chi connectivity index (χ2n) is 7.27. The van der Waals surface area contributed by atoms with Gasteiger partial charge in [-0.1, -0.05) is 36.4 Å². The predicted molar refractivity (Wildman–Crippen MR) is 110 cm³/mol. The van der Waals surface area contributed by atoms with Crippen molar-refractivity contribution in [3.8, 4) is 11.3 Å². The smallest absolute Gasteiger partial charge is 0.128 e. The molecule has 0 aliphatic carbocycles. The summed E-state index contributed by atoms with van der Waals surface area (Å²) in [5.41, 5.74) is 4.54. The lowest BCUT2D eigenvalue weighted by Crippen LogP contribution is -2.21. The Morgan fingerprint density at radius 3 is 2.56 bits per heavy atom. The summed E-state index contributed by atoms with van der Waals surface area (Å²) in [7, 11) is 2.01. The van der Waals surface area contributed by atoms with Gasteiger partial charge in [-0.2, -0.15) is 5.10 Å². The molecule has 140 valence electrons. The fraction of sp³-hybridized carbons (Fsp3) is 0.364. The minimum absolute atomic E-state index is 0.207. The van der Waals surface area contributed by atoms with E-state index in [0.717, 1.165) is 36.7 Å². The summed E-state index contributed by atoms with van der Waals surface area (Å²) in [5, 5.41) is 8.27. The maximum atomic E-state index is 4.67. The molecule has 5 heteroatoms. The Labute approximate surface area is 161 Å². The molecule has 1 fully saturated rings. The largest absolute Gasteiger partial charge is 0.357 e. The normalized spacial score (nSPS) is 15.3. The van der Waals surface area contributed by atoms with Crippen LogP contribution in [0.4, 0.5) is 5.82 Å². The molecule has 2 aromatic heterocycles. The van der Waals surface area contributed by atoms with E-state index < -0.39 is 0 Å². The van der Waals surface area contributed by atoms with Gasteiger partial charge in [-0.15, -0.1) is 0 Å². The van der Waals surface area contributed by atoms with Gasteiger partial charge in [-0.05, 0) is 37.5 Å². The van der Waals surface area contributed by atoms with Crippen LogP contribution in [0.2, 0.25) is 0 Å². The molecule has 1 N–H and O–H groups in total. The van der Waals surface area contributed by atoms with Crippen molar-refractivity contribution in [2.24, 2.45) is 7.05 Å². The maximum absolute atomic E-state index is 4.67. The molecule has 1 aliphatic heterocycles. The van der Waals surface area contributed by atoms with Crippen LogP contribution in [0.25, 0.3) is 11.3 Å². The Kier molecular flexibility index (Phi) is 5.21. The molecular formula is C22H27N5. The van der Waals surface area contributed by atoms with Crippen LogP contribution < -0.4 is 10.2 Å². The highest BCUT2D eigenvalue weighted by atomic mass is 15.3.